The summed E-state index contributed by atoms with van der Waals surface area (Å²) in [6.07, 6.45) is 6.05. The lowest BCUT2D eigenvalue weighted by Gasteiger charge is -2.28. The van der Waals surface area contributed by atoms with Crippen LogP contribution in [0.2, 0.25) is 0 Å². The van der Waals surface area contributed by atoms with E-state index in [1.54, 1.807) is 42.9 Å². The highest BCUT2D eigenvalue weighted by Crippen LogP contribution is 2.40. The van der Waals surface area contributed by atoms with Crippen LogP contribution in [0.4, 0.5) is 0 Å². The number of amides is 1. The van der Waals surface area contributed by atoms with Gasteiger partial charge in [-0.1, -0.05) is 24.0 Å². The Kier molecular flexibility index (Phi) is 5.67. The van der Waals surface area contributed by atoms with Crippen molar-refractivity contribution in [3.63, 3.8) is 0 Å². The molecule has 1 aromatic heterocycles. The zero-order chi connectivity index (χ0) is 23.7. The molecule has 9 heteroatoms. The number of imidazole rings is 1. The van der Waals surface area contributed by atoms with E-state index in [-0.39, 0.29) is 23.4 Å². The molecule has 2 aromatic carbocycles. The third kappa shape index (κ3) is 3.96. The molecule has 0 spiro atoms. The highest BCUT2D eigenvalue weighted by molar-refractivity contribution is 6.46. The number of ether oxygens (including phenoxy) is 2. The van der Waals surface area contributed by atoms with Gasteiger partial charge in [0.15, 0.2) is 11.5 Å². The largest absolute Gasteiger partial charge is 0.872 e. The number of hydrogen-bond donors (Lipinski definition) is 2. The van der Waals surface area contributed by atoms with E-state index in [1.165, 1.54) is 17.0 Å². The van der Waals surface area contributed by atoms with Crippen molar-refractivity contribution >= 4 is 17.4 Å². The molecule has 2 aliphatic heterocycles. The number of likely N-dealkylation sites (tertiary alicyclic amines) is 1. The first-order valence-corrected chi connectivity index (χ1v) is 11.0. The van der Waals surface area contributed by atoms with E-state index in [4.69, 9.17) is 9.47 Å². The minimum Gasteiger partial charge on any atom is -0.872 e. The Balaban J connectivity index is 1.53. The minimum absolute atomic E-state index is 0.0505. The molecule has 2 aliphatic rings. The number of nitrogens with zero attached hydrogens (tertiary/aromatic N) is 2. The number of aryl methyl sites for hydroxylation is 1. The van der Waals surface area contributed by atoms with Crippen LogP contribution in [0, 0.1) is 0 Å². The van der Waals surface area contributed by atoms with Gasteiger partial charge in [0.25, 0.3) is 5.91 Å². The van der Waals surface area contributed by atoms with E-state index >= 15 is 0 Å². The normalized spacial score (nSPS) is 18.9. The molecule has 1 atom stereocenters. The molecule has 2 N–H and O–H groups in total. The van der Waals surface area contributed by atoms with Crippen LogP contribution in [-0.2, 0) is 16.1 Å². The maximum Gasteiger partial charge on any atom is 0.295 e. The predicted octanol–water partition coefficient (Wildman–Crippen LogP) is 1.09. The summed E-state index contributed by atoms with van der Waals surface area (Å²) in [7, 11) is 0. The number of carbonyl (C=O) groups excluding carboxylic acids is 2. The van der Waals surface area contributed by atoms with Crippen molar-refractivity contribution in [1.29, 1.82) is 0 Å². The Morgan fingerprint density at radius 3 is 2.62 bits per heavy atom. The summed E-state index contributed by atoms with van der Waals surface area (Å²) in [5.74, 6) is -1.05. The number of Topliss-reactive ketones (excluding diaryl/α,β-unsaturated/α-hetero) is 1. The zero-order valence-electron chi connectivity index (χ0n) is 18.3. The van der Waals surface area contributed by atoms with Crippen molar-refractivity contribution in [3.05, 3.63) is 77.9 Å². The van der Waals surface area contributed by atoms with Crippen molar-refractivity contribution < 1.29 is 33.8 Å². The van der Waals surface area contributed by atoms with E-state index in [1.807, 2.05) is 10.8 Å². The number of carbonyl (C=O) groups is 2. The number of phenolic OH excluding ortho intramolecular Hbond substituents is 1. The van der Waals surface area contributed by atoms with E-state index in [0.717, 1.165) is 0 Å². The van der Waals surface area contributed by atoms with Gasteiger partial charge in [-0.2, -0.15) is 0 Å². The third-order valence-corrected chi connectivity index (χ3v) is 5.96. The molecular formula is C25H23N3O6. The van der Waals surface area contributed by atoms with Gasteiger partial charge in [-0.3, -0.25) is 14.6 Å². The molecule has 1 unspecified atom stereocenters. The fraction of sp³-hybridized carbons (Fsp3) is 0.240. The molecule has 0 saturated carbocycles. The van der Waals surface area contributed by atoms with Gasteiger partial charge >= 0.3 is 0 Å². The van der Waals surface area contributed by atoms with Gasteiger partial charge in [-0.25, -0.2) is 4.57 Å². The molecule has 3 aromatic rings. The number of aromatic nitrogens is 2. The lowest BCUT2D eigenvalue weighted by molar-refractivity contribution is -0.695. The highest BCUT2D eigenvalue weighted by atomic mass is 16.6. The summed E-state index contributed by atoms with van der Waals surface area (Å²) in [4.78, 5) is 30.5. The lowest BCUT2D eigenvalue weighted by atomic mass is 9.95. The average Bonchev–Trinajstić information content (AvgIpc) is 3.46. The Bertz CT molecular complexity index is 1250. The van der Waals surface area contributed by atoms with Crippen molar-refractivity contribution in [2.45, 2.75) is 19.0 Å². The monoisotopic (exact) mass is 461 g/mol. The summed E-state index contributed by atoms with van der Waals surface area (Å²) >= 11 is 0. The van der Waals surface area contributed by atoms with E-state index < -0.39 is 23.5 Å². The van der Waals surface area contributed by atoms with Crippen molar-refractivity contribution in [3.8, 4) is 17.2 Å². The number of H-pyrrole nitrogens is 1. The predicted molar refractivity (Wildman–Crippen MR) is 118 cm³/mol. The van der Waals surface area contributed by atoms with Crippen LogP contribution >= 0.6 is 0 Å². The number of phenols is 1. The number of benzene rings is 2. The first-order chi connectivity index (χ1) is 16.5. The van der Waals surface area contributed by atoms with Crippen LogP contribution in [0.3, 0.4) is 0 Å². The van der Waals surface area contributed by atoms with Crippen LogP contribution in [-0.4, -0.2) is 46.4 Å². The molecule has 0 bridgehead atoms. The minimum atomic E-state index is -0.850. The fourth-order valence-electron chi connectivity index (χ4n) is 4.33. The molecule has 5 rings (SSSR count). The Hall–Kier alpha value is -4.27. The number of ketones is 1. The van der Waals surface area contributed by atoms with Crippen molar-refractivity contribution in [2.24, 2.45) is 0 Å². The van der Waals surface area contributed by atoms with Crippen LogP contribution in [0.25, 0.3) is 5.76 Å². The first kappa shape index (κ1) is 21.6. The molecule has 0 aliphatic carbocycles. The topological polar surface area (TPSA) is 119 Å². The fourth-order valence-corrected chi connectivity index (χ4v) is 4.33. The van der Waals surface area contributed by atoms with Crippen LogP contribution < -0.4 is 19.1 Å². The van der Waals surface area contributed by atoms with E-state index in [2.05, 4.69) is 4.98 Å². The average molecular weight is 461 g/mol. The summed E-state index contributed by atoms with van der Waals surface area (Å²) < 4.78 is 13.0. The van der Waals surface area contributed by atoms with Crippen LogP contribution in [0.1, 0.15) is 23.6 Å². The molecule has 1 saturated heterocycles. The Labute approximate surface area is 195 Å². The summed E-state index contributed by atoms with van der Waals surface area (Å²) in [6.45, 7) is 1.70. The Morgan fingerprint density at radius 1 is 1.12 bits per heavy atom. The van der Waals surface area contributed by atoms with Crippen LogP contribution in [0.5, 0.6) is 17.2 Å². The van der Waals surface area contributed by atoms with E-state index in [0.29, 0.717) is 43.2 Å². The van der Waals surface area contributed by atoms with Gasteiger partial charge in [-0.05, 0) is 35.4 Å². The second-order valence-electron chi connectivity index (χ2n) is 8.13. The number of aromatic amines is 1. The molecule has 174 valence electrons. The SMILES string of the molecule is O=C1C(=O)N(CCC[n+]2cc[nH]c2)C(c2ccc(O)cc2)C1=C([O-])c1ccc2c(c1)OCCO2. The van der Waals surface area contributed by atoms with Gasteiger partial charge in [0.1, 0.15) is 31.4 Å². The molecule has 34 heavy (non-hydrogen) atoms. The quantitative estimate of drug-likeness (QED) is 0.246. The molecule has 9 nitrogen and oxygen atoms in total. The molecule has 1 fully saturated rings. The number of rotatable bonds is 6. The number of nitrogens with one attached hydrogen (secondary N) is 1. The zero-order valence-corrected chi connectivity index (χ0v) is 18.3. The lowest BCUT2D eigenvalue weighted by Crippen LogP contribution is -2.36. The summed E-state index contributed by atoms with van der Waals surface area (Å²) in [6, 6.07) is 10.1. The van der Waals surface area contributed by atoms with Gasteiger partial charge in [-0.15, -0.1) is 0 Å². The maximum absolute atomic E-state index is 13.6. The second kappa shape index (κ2) is 8.93. The van der Waals surface area contributed by atoms with Gasteiger partial charge < -0.3 is 24.6 Å². The van der Waals surface area contributed by atoms with Crippen LogP contribution in [0.15, 0.2) is 66.8 Å². The highest BCUT2D eigenvalue weighted by Gasteiger charge is 2.44. The molecule has 1 amide bonds. The molecule has 3 heterocycles. The summed E-state index contributed by atoms with van der Waals surface area (Å²) in [5.41, 5.74) is 0.711. The summed E-state index contributed by atoms with van der Waals surface area (Å²) in [5, 5.41) is 23.3. The number of aromatic hydroxyl groups is 1. The number of fused-ring (bicyclic) bond motifs is 1. The van der Waals surface area contributed by atoms with Crippen molar-refractivity contribution in [1.82, 2.24) is 9.88 Å². The van der Waals surface area contributed by atoms with Gasteiger partial charge in [0, 0.05) is 18.5 Å². The first-order valence-electron chi connectivity index (χ1n) is 11.0. The molecular weight excluding hydrogens is 438 g/mol. The molecule has 0 radical (unpaired) electrons. The standard InChI is InChI=1S/C25H23N3O6/c29-18-5-2-16(3-6-18)22-21(23(30)17-4-7-19-20(14-17)34-13-12-33-19)24(31)25(32)28(22)10-1-9-27-11-8-26-15-27/h2-8,11,14-15,22H,1,9-10,12-13H2,(H2,29,30,31). The number of hydrogen-bond acceptors (Lipinski definition) is 6. The van der Waals surface area contributed by atoms with Gasteiger partial charge in [0.05, 0.1) is 12.6 Å². The third-order valence-electron chi connectivity index (χ3n) is 5.96. The maximum atomic E-state index is 13.6. The van der Waals surface area contributed by atoms with Crippen molar-refractivity contribution in [2.75, 3.05) is 19.8 Å². The van der Waals surface area contributed by atoms with Gasteiger partial charge in [0.2, 0.25) is 12.1 Å². The Morgan fingerprint density at radius 2 is 1.88 bits per heavy atom. The van der Waals surface area contributed by atoms with E-state index in [9.17, 15) is 19.8 Å². The second-order valence-corrected chi connectivity index (χ2v) is 8.13. The smallest absolute Gasteiger partial charge is 0.295 e.